The van der Waals surface area contributed by atoms with Gasteiger partial charge in [0.2, 0.25) is 0 Å². The molecule has 0 bridgehead atoms. The van der Waals surface area contributed by atoms with Gasteiger partial charge in [0.05, 0.1) is 10.3 Å². The highest BCUT2D eigenvalue weighted by molar-refractivity contribution is 7.92. The Labute approximate surface area is 150 Å². The molecule has 1 aliphatic carbocycles. The molecule has 0 saturated heterocycles. The monoisotopic (exact) mass is 371 g/mol. The zero-order chi connectivity index (χ0) is 18.3. The number of anilines is 1. The van der Waals surface area contributed by atoms with Crippen molar-refractivity contribution < 1.29 is 17.9 Å². The highest BCUT2D eigenvalue weighted by Gasteiger charge is 2.22. The van der Waals surface area contributed by atoms with E-state index in [0.29, 0.717) is 0 Å². The molecule has 3 aromatic rings. The van der Waals surface area contributed by atoms with Gasteiger partial charge in [0.15, 0.2) is 11.4 Å². The molecule has 0 fully saturated rings. The minimum atomic E-state index is -4.03. The third kappa shape index (κ3) is 2.84. The lowest BCUT2D eigenvalue weighted by Gasteiger charge is -2.17. The van der Waals surface area contributed by atoms with Gasteiger partial charge in [-0.2, -0.15) is 0 Å². The van der Waals surface area contributed by atoms with Gasteiger partial charge in [-0.05, 0) is 61.1 Å². The Kier molecular flexibility index (Phi) is 3.96. The Morgan fingerprint density at radius 1 is 1.00 bits per heavy atom. The van der Waals surface area contributed by atoms with Gasteiger partial charge < -0.3 is 9.52 Å². The van der Waals surface area contributed by atoms with Crippen molar-refractivity contribution in [2.45, 2.75) is 30.6 Å². The molecular formula is C19H17NO5S. The third-order valence-electron chi connectivity index (χ3n) is 4.65. The van der Waals surface area contributed by atoms with E-state index >= 15 is 0 Å². The summed E-state index contributed by atoms with van der Waals surface area (Å²) in [4.78, 5) is 12.2. The van der Waals surface area contributed by atoms with Crippen molar-refractivity contribution >= 4 is 26.7 Å². The van der Waals surface area contributed by atoms with Crippen LogP contribution >= 0.6 is 0 Å². The first-order valence-corrected chi connectivity index (χ1v) is 9.83. The molecule has 0 unspecified atom stereocenters. The van der Waals surface area contributed by atoms with Crippen LogP contribution in [0.2, 0.25) is 0 Å². The summed E-state index contributed by atoms with van der Waals surface area (Å²) in [5.74, 6) is -0.446. The number of hydrogen-bond acceptors (Lipinski definition) is 5. The molecule has 0 saturated carbocycles. The lowest BCUT2D eigenvalue weighted by molar-refractivity contribution is 0.471. The van der Waals surface area contributed by atoms with Crippen LogP contribution in [0.25, 0.3) is 11.0 Å². The van der Waals surface area contributed by atoms with Gasteiger partial charge in [0.25, 0.3) is 10.0 Å². The van der Waals surface area contributed by atoms with E-state index in [1.165, 1.54) is 12.1 Å². The van der Waals surface area contributed by atoms with Crippen molar-refractivity contribution in [3.8, 4) is 5.75 Å². The van der Waals surface area contributed by atoms with Crippen LogP contribution in [0.3, 0.4) is 0 Å². The number of benzene rings is 2. The number of para-hydroxylation sites is 1. The van der Waals surface area contributed by atoms with Gasteiger partial charge in [-0.15, -0.1) is 0 Å². The highest BCUT2D eigenvalue weighted by Crippen LogP contribution is 2.31. The van der Waals surface area contributed by atoms with Gasteiger partial charge in [-0.1, -0.05) is 18.2 Å². The molecule has 0 atom stereocenters. The molecule has 1 aliphatic rings. The summed E-state index contributed by atoms with van der Waals surface area (Å²) in [5, 5.41) is 10.6. The molecule has 7 heteroatoms. The molecule has 0 radical (unpaired) electrons. The molecular weight excluding hydrogens is 354 g/mol. The molecule has 1 aromatic heterocycles. The second-order valence-corrected chi connectivity index (χ2v) is 8.03. The summed E-state index contributed by atoms with van der Waals surface area (Å²) in [6, 6.07) is 11.3. The predicted octanol–water partition coefficient (Wildman–Crippen LogP) is 3.18. The number of nitrogens with one attached hydrogen (secondary N) is 1. The second-order valence-electron chi connectivity index (χ2n) is 6.35. The number of aryl methyl sites for hydroxylation is 2. The number of hydrogen-bond donors (Lipinski definition) is 2. The molecule has 0 spiro atoms. The van der Waals surface area contributed by atoms with Crippen molar-refractivity contribution in [3.63, 3.8) is 0 Å². The second kappa shape index (κ2) is 6.17. The van der Waals surface area contributed by atoms with Crippen LogP contribution in [0.15, 0.2) is 56.6 Å². The fraction of sp³-hybridized carbons (Fsp3) is 0.211. The van der Waals surface area contributed by atoms with Crippen LogP contribution < -0.4 is 10.3 Å². The minimum Gasteiger partial charge on any atom is -0.505 e. The SMILES string of the molecule is O=c1oc2ccccc2c(O)c1NS(=O)(=O)c1ccc2c(c1)CCCC2. The molecule has 4 rings (SSSR count). The molecule has 2 N–H and O–H groups in total. The number of rotatable bonds is 3. The van der Waals surface area contributed by atoms with Gasteiger partial charge >= 0.3 is 5.63 Å². The van der Waals surface area contributed by atoms with Crippen molar-refractivity contribution in [2.24, 2.45) is 0 Å². The van der Waals surface area contributed by atoms with Gasteiger partial charge in [-0.25, -0.2) is 13.2 Å². The summed E-state index contributed by atoms with van der Waals surface area (Å²) in [6.45, 7) is 0. The van der Waals surface area contributed by atoms with Crippen molar-refractivity contribution in [1.29, 1.82) is 0 Å². The Bertz CT molecular complexity index is 1160. The van der Waals surface area contributed by atoms with E-state index in [0.717, 1.165) is 36.8 Å². The van der Waals surface area contributed by atoms with Crippen LogP contribution in [0.4, 0.5) is 5.69 Å². The van der Waals surface area contributed by atoms with E-state index in [2.05, 4.69) is 4.72 Å². The zero-order valence-electron chi connectivity index (χ0n) is 13.9. The first-order chi connectivity index (χ1) is 12.5. The number of fused-ring (bicyclic) bond motifs is 2. The van der Waals surface area contributed by atoms with Gasteiger partial charge in [-0.3, -0.25) is 4.72 Å². The standard InChI is InChI=1S/C19H17NO5S/c21-18-15-7-3-4-8-16(15)25-19(22)17(18)20-26(23,24)14-10-9-12-5-1-2-6-13(12)11-14/h3-4,7-11,20-21H,1-2,5-6H2. The fourth-order valence-electron chi connectivity index (χ4n) is 3.29. The van der Waals surface area contributed by atoms with E-state index in [9.17, 15) is 18.3 Å². The third-order valence-corrected chi connectivity index (χ3v) is 6.00. The van der Waals surface area contributed by atoms with Crippen LogP contribution in [0.5, 0.6) is 5.75 Å². The van der Waals surface area contributed by atoms with E-state index in [1.807, 2.05) is 6.07 Å². The number of aromatic hydroxyl groups is 1. The smallest absolute Gasteiger partial charge is 0.364 e. The van der Waals surface area contributed by atoms with Crippen molar-refractivity contribution in [1.82, 2.24) is 0 Å². The Morgan fingerprint density at radius 3 is 2.54 bits per heavy atom. The Morgan fingerprint density at radius 2 is 1.73 bits per heavy atom. The van der Waals surface area contributed by atoms with Gasteiger partial charge in [0, 0.05) is 0 Å². The highest BCUT2D eigenvalue weighted by atomic mass is 32.2. The van der Waals surface area contributed by atoms with Crippen LogP contribution in [-0.4, -0.2) is 13.5 Å². The summed E-state index contributed by atoms with van der Waals surface area (Å²) in [6.07, 6.45) is 3.91. The average molecular weight is 371 g/mol. The van der Waals surface area contributed by atoms with E-state index in [-0.39, 0.29) is 15.9 Å². The molecule has 6 nitrogen and oxygen atoms in total. The molecule has 26 heavy (non-hydrogen) atoms. The quantitative estimate of drug-likeness (QED) is 0.689. The molecule has 1 heterocycles. The van der Waals surface area contributed by atoms with Gasteiger partial charge in [0.1, 0.15) is 5.58 Å². The summed E-state index contributed by atoms with van der Waals surface area (Å²) < 4.78 is 32.7. The first-order valence-electron chi connectivity index (χ1n) is 8.35. The fourth-order valence-corrected chi connectivity index (χ4v) is 4.40. The van der Waals surface area contributed by atoms with E-state index in [1.54, 1.807) is 24.3 Å². The van der Waals surface area contributed by atoms with Crippen LogP contribution in [-0.2, 0) is 22.9 Å². The minimum absolute atomic E-state index is 0.0603. The summed E-state index contributed by atoms with van der Waals surface area (Å²) >= 11 is 0. The van der Waals surface area contributed by atoms with Crippen molar-refractivity contribution in [3.05, 3.63) is 64.0 Å². The average Bonchev–Trinajstić information content (AvgIpc) is 2.65. The molecule has 2 aromatic carbocycles. The first kappa shape index (κ1) is 16.7. The van der Waals surface area contributed by atoms with Crippen LogP contribution in [0, 0.1) is 0 Å². The zero-order valence-corrected chi connectivity index (χ0v) is 14.7. The molecule has 134 valence electrons. The summed E-state index contributed by atoms with van der Waals surface area (Å²) in [5.41, 5.74) is 0.924. The maximum absolute atomic E-state index is 12.7. The Hall–Kier alpha value is -2.80. The van der Waals surface area contributed by atoms with Crippen LogP contribution in [0.1, 0.15) is 24.0 Å². The van der Waals surface area contributed by atoms with E-state index in [4.69, 9.17) is 4.42 Å². The summed E-state index contributed by atoms with van der Waals surface area (Å²) in [7, 11) is -4.03. The maximum atomic E-state index is 12.7. The molecule has 0 aliphatic heterocycles. The largest absolute Gasteiger partial charge is 0.505 e. The lowest BCUT2D eigenvalue weighted by Crippen LogP contribution is -2.19. The molecule has 0 amide bonds. The maximum Gasteiger partial charge on any atom is 0.364 e. The normalized spacial score (nSPS) is 14.2. The van der Waals surface area contributed by atoms with Crippen molar-refractivity contribution in [2.75, 3.05) is 4.72 Å². The van der Waals surface area contributed by atoms with E-state index < -0.39 is 27.1 Å². The Balaban J connectivity index is 1.77. The lowest BCUT2D eigenvalue weighted by atomic mass is 9.92. The predicted molar refractivity (Wildman–Crippen MR) is 98.0 cm³/mol. The topological polar surface area (TPSA) is 96.6 Å². The number of sulfonamides is 1.